The van der Waals surface area contributed by atoms with E-state index in [9.17, 15) is 14.4 Å². The van der Waals surface area contributed by atoms with Crippen LogP contribution < -0.4 is 16.0 Å². The first-order chi connectivity index (χ1) is 30.6. The monoisotopic (exact) mass is 873 g/mol. The van der Waals surface area contributed by atoms with Crippen LogP contribution in [-0.2, 0) is 25.5 Å². The highest BCUT2D eigenvalue weighted by atomic mass is 16.5. The van der Waals surface area contributed by atoms with Gasteiger partial charge in [-0.05, 0) is 118 Å². The summed E-state index contributed by atoms with van der Waals surface area (Å²) in [5, 5.41) is 5.66. The molecule has 3 aromatic rings. The Labute approximate surface area is 382 Å². The molecule has 1 saturated heterocycles. The molecule has 0 amide bonds. The van der Waals surface area contributed by atoms with Crippen molar-refractivity contribution in [2.24, 2.45) is 35.5 Å². The van der Waals surface area contributed by atoms with Crippen LogP contribution in [-0.4, -0.2) is 46.4 Å². The van der Waals surface area contributed by atoms with Gasteiger partial charge in [-0.15, -0.1) is 0 Å². The third-order valence-electron chi connectivity index (χ3n) is 14.6. The van der Waals surface area contributed by atoms with E-state index in [2.05, 4.69) is 107 Å². The number of hydrogen-bond donors (Lipinski definition) is 4. The first-order valence-electron chi connectivity index (χ1n) is 24.2. The number of rotatable bonds is 20. The van der Waals surface area contributed by atoms with E-state index in [-0.39, 0.29) is 36.6 Å². The largest absolute Gasteiger partial charge is 0.468 e. The Balaban J connectivity index is 1.21. The van der Waals surface area contributed by atoms with E-state index in [1.807, 2.05) is 19.1 Å². The second kappa shape index (κ2) is 21.3. The summed E-state index contributed by atoms with van der Waals surface area (Å²) in [6.45, 7) is 26.4. The zero-order valence-corrected chi connectivity index (χ0v) is 40.8. The predicted octanol–water partition coefficient (Wildman–Crippen LogP) is 11.1. The average Bonchev–Trinajstić information content (AvgIpc) is 3.99. The van der Waals surface area contributed by atoms with Gasteiger partial charge in [0.2, 0.25) is 0 Å². The fraction of sp³-hybridized carbons (Fsp3) is 0.545. The predicted molar refractivity (Wildman–Crippen MR) is 262 cm³/mol. The summed E-state index contributed by atoms with van der Waals surface area (Å²) >= 11 is 0. The van der Waals surface area contributed by atoms with Gasteiger partial charge < -0.3 is 29.7 Å². The Morgan fingerprint density at radius 3 is 2.14 bits per heavy atom. The summed E-state index contributed by atoms with van der Waals surface area (Å²) < 4.78 is 11.1. The highest BCUT2D eigenvalue weighted by Crippen LogP contribution is 2.48. The Hall–Kier alpha value is -5.05. The number of ether oxygens (including phenoxy) is 2. The lowest BCUT2D eigenvalue weighted by Crippen LogP contribution is -2.25. The van der Waals surface area contributed by atoms with Gasteiger partial charge in [0.1, 0.15) is 12.5 Å². The van der Waals surface area contributed by atoms with Gasteiger partial charge in [-0.25, -0.2) is 0 Å². The molecule has 0 saturated carbocycles. The second-order valence-corrected chi connectivity index (χ2v) is 19.7. The van der Waals surface area contributed by atoms with Gasteiger partial charge in [0.05, 0.1) is 12.8 Å². The van der Waals surface area contributed by atoms with Crippen LogP contribution in [0.25, 0.3) is 29.9 Å². The van der Waals surface area contributed by atoms with Crippen molar-refractivity contribution in [2.75, 3.05) is 13.7 Å². The lowest BCUT2D eigenvalue weighted by molar-refractivity contribution is -0.143. The molecule has 8 bridgehead atoms. The zero-order valence-electron chi connectivity index (χ0n) is 40.8. The quantitative estimate of drug-likeness (QED) is 0.0508. The summed E-state index contributed by atoms with van der Waals surface area (Å²) in [5.41, 5.74) is 12.5. The number of methoxy groups -OCH3 is 1. The van der Waals surface area contributed by atoms with Crippen LogP contribution in [0.1, 0.15) is 180 Å². The number of carbonyl (C=O) groups excluding carboxylic acids is 3. The topological polar surface area (TPSA) is 129 Å². The number of fused-ring (bicyclic) bond motifs is 7. The number of aromatic nitrogens is 3. The molecule has 5 atom stereocenters. The van der Waals surface area contributed by atoms with Crippen LogP contribution in [0, 0.1) is 56.3 Å². The molecule has 3 aromatic heterocycles. The van der Waals surface area contributed by atoms with E-state index in [4.69, 9.17) is 9.47 Å². The molecule has 1 fully saturated rings. The zero-order chi connectivity index (χ0) is 46.4. The summed E-state index contributed by atoms with van der Waals surface area (Å²) in [6.07, 6.45) is 23.1. The van der Waals surface area contributed by atoms with Crippen LogP contribution >= 0.6 is 0 Å². The molecular formula is C55H76N4O5. The number of carbonyl (C=O) groups is 3. The molecule has 2 aliphatic heterocycles. The molecule has 0 spiro atoms. The van der Waals surface area contributed by atoms with Crippen molar-refractivity contribution >= 4 is 47.6 Å². The number of esters is 2. The van der Waals surface area contributed by atoms with Gasteiger partial charge in [-0.3, -0.25) is 14.4 Å². The molecule has 0 aromatic carbocycles. The highest BCUT2D eigenvalue weighted by Gasteiger charge is 2.48. The van der Waals surface area contributed by atoms with Crippen molar-refractivity contribution in [1.29, 1.82) is 0 Å². The van der Waals surface area contributed by atoms with Gasteiger partial charge in [0, 0.05) is 74.1 Å². The lowest BCUT2D eigenvalue weighted by Gasteiger charge is -2.19. The molecule has 1 aliphatic carbocycles. The number of hydrogen-bond acceptors (Lipinski definition) is 6. The van der Waals surface area contributed by atoms with Crippen molar-refractivity contribution < 1.29 is 23.9 Å². The number of ketones is 1. The number of Topliss-reactive ketones (excluding diaryl/α,β-unsaturated/α-hetero) is 1. The molecule has 346 valence electrons. The summed E-state index contributed by atoms with van der Waals surface area (Å²) in [7, 11) is 1.32. The molecule has 6 rings (SSSR count). The summed E-state index contributed by atoms with van der Waals surface area (Å²) in [6, 6.07) is 0. The van der Waals surface area contributed by atoms with Gasteiger partial charge >= 0.3 is 11.9 Å². The van der Waals surface area contributed by atoms with Gasteiger partial charge in [-0.1, -0.05) is 105 Å². The van der Waals surface area contributed by atoms with Crippen LogP contribution in [0.2, 0.25) is 0 Å². The Morgan fingerprint density at radius 2 is 1.48 bits per heavy atom. The first-order valence-corrected chi connectivity index (χ1v) is 24.2. The number of nitrogens with one attached hydrogen (secondary N) is 4. The standard InChI is InChI=1S/C55H76N4O5/c1-13-39-35(8)42-28-44-37(10)41(24-25-48(60)64-27-26-34(7)23-17-22-33(6)21-16-20-32(5)19-15-18-31(3)4)52(58-44)50-51(55(62)63-12)54(61)49-38(11)45(59-53(49)50)30-47-40(14-2)36(9)43(57-47)29-46(39)56-42/h13,26,28-33,37,41,51,56-59H,1,14-25,27H2,2-12H3/b34-26+,43-29-,44-28-,47-30-,52-50-/t32-,33+,37+,41+,51-/m1/s1. The maximum atomic E-state index is 14.4. The van der Waals surface area contributed by atoms with E-state index < -0.39 is 11.9 Å². The molecule has 9 heteroatoms. The lowest BCUT2D eigenvalue weighted by atomic mass is 9.85. The van der Waals surface area contributed by atoms with E-state index in [0.29, 0.717) is 23.3 Å². The molecule has 4 N–H and O–H groups in total. The first kappa shape index (κ1) is 48.4. The van der Waals surface area contributed by atoms with Crippen molar-refractivity contribution in [1.82, 2.24) is 20.3 Å². The highest BCUT2D eigenvalue weighted by molar-refractivity contribution is 6.24. The Kier molecular flexibility index (Phi) is 16.1. The fourth-order valence-corrected chi connectivity index (χ4v) is 10.4. The molecule has 64 heavy (non-hydrogen) atoms. The normalized spacial score (nSPS) is 22.0. The van der Waals surface area contributed by atoms with E-state index in [0.717, 1.165) is 98.4 Å². The van der Waals surface area contributed by atoms with Crippen LogP contribution in [0.5, 0.6) is 0 Å². The fourth-order valence-electron chi connectivity index (χ4n) is 10.4. The van der Waals surface area contributed by atoms with Crippen LogP contribution in [0.3, 0.4) is 0 Å². The molecule has 3 aliphatic rings. The Bertz CT molecular complexity index is 2450. The molecule has 9 nitrogen and oxygen atoms in total. The minimum atomic E-state index is -1.14. The minimum absolute atomic E-state index is 0.0876. The Morgan fingerprint density at radius 1 is 0.828 bits per heavy atom. The number of allylic oxidation sites excluding steroid dienone is 3. The molecule has 5 heterocycles. The number of aromatic amines is 3. The molecular weight excluding hydrogens is 797 g/mol. The smallest absolute Gasteiger partial charge is 0.321 e. The van der Waals surface area contributed by atoms with Crippen molar-refractivity contribution in [3.05, 3.63) is 96.5 Å². The third-order valence-corrected chi connectivity index (χ3v) is 14.6. The van der Waals surface area contributed by atoms with Crippen molar-refractivity contribution in [3.8, 4) is 0 Å². The van der Waals surface area contributed by atoms with E-state index in [1.165, 1.54) is 63.2 Å². The maximum absolute atomic E-state index is 14.4. The number of H-pyrrole nitrogens is 3. The second-order valence-electron chi connectivity index (χ2n) is 19.7. The van der Waals surface area contributed by atoms with Crippen molar-refractivity contribution in [2.45, 2.75) is 146 Å². The maximum Gasteiger partial charge on any atom is 0.321 e. The SMILES string of the molecule is C=Cc1c2[nH]c(c1C)/C=C1\N/C(=C3\c4[nH]c(c(C)c4C(=O)[C@@H]3C(=O)OC)/C=c3\[nH]/c(c(C)c3CC)=C\2)[C@@H](CCC(=O)OC/C=C(\C)CCC[C@@H](C)CCC[C@H](C)CCCC(C)C)[C@@H]1C. The van der Waals surface area contributed by atoms with E-state index in [1.54, 1.807) is 0 Å². The minimum Gasteiger partial charge on any atom is -0.468 e. The van der Waals surface area contributed by atoms with Crippen LogP contribution in [0.15, 0.2) is 29.6 Å². The summed E-state index contributed by atoms with van der Waals surface area (Å²) in [5.74, 6) is -0.275. The van der Waals surface area contributed by atoms with Gasteiger partial charge in [0.15, 0.2) is 5.78 Å². The summed E-state index contributed by atoms with van der Waals surface area (Å²) in [4.78, 5) is 52.4. The third kappa shape index (κ3) is 10.6. The molecule has 0 unspecified atom stereocenters. The van der Waals surface area contributed by atoms with Gasteiger partial charge in [0.25, 0.3) is 0 Å². The van der Waals surface area contributed by atoms with Crippen molar-refractivity contribution in [3.63, 3.8) is 0 Å². The van der Waals surface area contributed by atoms with Crippen LogP contribution in [0.4, 0.5) is 0 Å². The van der Waals surface area contributed by atoms with E-state index >= 15 is 0 Å². The molecule has 0 radical (unpaired) electrons. The van der Waals surface area contributed by atoms with Gasteiger partial charge in [-0.2, -0.15) is 0 Å². The average molecular weight is 873 g/mol.